The second-order valence-corrected chi connectivity index (χ2v) is 6.78. The molecule has 4 nitrogen and oxygen atoms in total. The highest BCUT2D eigenvalue weighted by molar-refractivity contribution is 7.13. The zero-order chi connectivity index (χ0) is 18.5. The first-order chi connectivity index (χ1) is 12.6. The fraction of sp³-hybridized carbons (Fsp3) is 0.143. The van der Waals surface area contributed by atoms with Gasteiger partial charge in [0, 0.05) is 27.3 Å². The third kappa shape index (κ3) is 4.00. The summed E-state index contributed by atoms with van der Waals surface area (Å²) < 4.78 is 5.32. The third-order valence-electron chi connectivity index (χ3n) is 4.03. The SMILES string of the molecule is COc1ccc(C(C)=O)cc1CC(=O)Nc1ccccc1-c1cccs1. The van der Waals surface area contributed by atoms with Crippen LogP contribution in [-0.2, 0) is 11.2 Å². The number of hydrogen-bond donors (Lipinski definition) is 1. The summed E-state index contributed by atoms with van der Waals surface area (Å²) in [5, 5.41) is 4.98. The molecule has 1 amide bonds. The number of thiophene rings is 1. The number of ketones is 1. The minimum atomic E-state index is -0.159. The van der Waals surface area contributed by atoms with Crippen molar-refractivity contribution in [3.8, 4) is 16.2 Å². The first-order valence-electron chi connectivity index (χ1n) is 8.19. The van der Waals surface area contributed by atoms with Crippen LogP contribution in [0.3, 0.4) is 0 Å². The van der Waals surface area contributed by atoms with Gasteiger partial charge in [0.2, 0.25) is 5.91 Å². The van der Waals surface area contributed by atoms with Gasteiger partial charge in [0.05, 0.1) is 13.5 Å². The lowest BCUT2D eigenvalue weighted by Gasteiger charge is -2.12. The van der Waals surface area contributed by atoms with Crippen LogP contribution in [0.2, 0.25) is 0 Å². The highest BCUT2D eigenvalue weighted by Crippen LogP contribution is 2.31. The lowest BCUT2D eigenvalue weighted by molar-refractivity contribution is -0.115. The van der Waals surface area contributed by atoms with E-state index in [9.17, 15) is 9.59 Å². The van der Waals surface area contributed by atoms with Gasteiger partial charge in [-0.3, -0.25) is 9.59 Å². The molecule has 0 atom stereocenters. The molecule has 3 rings (SSSR count). The van der Waals surface area contributed by atoms with E-state index in [2.05, 4.69) is 5.32 Å². The highest BCUT2D eigenvalue weighted by atomic mass is 32.1. The summed E-state index contributed by atoms with van der Waals surface area (Å²) in [7, 11) is 1.55. The summed E-state index contributed by atoms with van der Waals surface area (Å²) in [6, 6.07) is 16.9. The van der Waals surface area contributed by atoms with Crippen molar-refractivity contribution in [2.24, 2.45) is 0 Å². The molecule has 0 unspecified atom stereocenters. The number of benzene rings is 2. The van der Waals surface area contributed by atoms with Gasteiger partial charge in [0.25, 0.3) is 0 Å². The van der Waals surface area contributed by atoms with Gasteiger partial charge in [-0.15, -0.1) is 11.3 Å². The summed E-state index contributed by atoms with van der Waals surface area (Å²) in [4.78, 5) is 25.3. The van der Waals surface area contributed by atoms with Gasteiger partial charge >= 0.3 is 0 Å². The second kappa shape index (κ2) is 7.97. The summed E-state index contributed by atoms with van der Waals surface area (Å²) in [6.07, 6.45) is 0.128. The number of nitrogens with one attached hydrogen (secondary N) is 1. The zero-order valence-electron chi connectivity index (χ0n) is 14.6. The monoisotopic (exact) mass is 365 g/mol. The molecular weight excluding hydrogens is 346 g/mol. The number of carbonyl (C=O) groups is 2. The Morgan fingerprint density at radius 2 is 1.88 bits per heavy atom. The van der Waals surface area contributed by atoms with Crippen LogP contribution in [0.4, 0.5) is 5.69 Å². The average Bonchev–Trinajstić information content (AvgIpc) is 3.16. The first kappa shape index (κ1) is 17.9. The number of methoxy groups -OCH3 is 1. The Morgan fingerprint density at radius 1 is 1.08 bits per heavy atom. The van der Waals surface area contributed by atoms with Crippen LogP contribution in [0.5, 0.6) is 5.75 Å². The molecule has 0 aliphatic heterocycles. The highest BCUT2D eigenvalue weighted by Gasteiger charge is 2.13. The van der Waals surface area contributed by atoms with Gasteiger partial charge in [-0.05, 0) is 42.6 Å². The topological polar surface area (TPSA) is 55.4 Å². The van der Waals surface area contributed by atoms with Gasteiger partial charge in [-0.2, -0.15) is 0 Å². The van der Waals surface area contributed by atoms with Crippen molar-refractivity contribution >= 4 is 28.7 Å². The fourth-order valence-corrected chi connectivity index (χ4v) is 3.51. The van der Waals surface area contributed by atoms with Crippen molar-refractivity contribution in [2.75, 3.05) is 12.4 Å². The Labute approximate surface area is 156 Å². The van der Waals surface area contributed by atoms with Crippen LogP contribution >= 0.6 is 11.3 Å². The Morgan fingerprint density at radius 3 is 2.58 bits per heavy atom. The van der Waals surface area contributed by atoms with Crippen molar-refractivity contribution < 1.29 is 14.3 Å². The van der Waals surface area contributed by atoms with Gasteiger partial charge in [-0.25, -0.2) is 0 Å². The lowest BCUT2D eigenvalue weighted by Crippen LogP contribution is -2.15. The van der Waals surface area contributed by atoms with E-state index in [4.69, 9.17) is 4.74 Å². The standard InChI is InChI=1S/C21H19NO3S/c1-14(23)15-9-10-19(25-2)16(12-15)13-21(24)22-18-7-4-3-6-17(18)20-8-5-11-26-20/h3-12H,13H2,1-2H3,(H,22,24). The van der Waals surface area contributed by atoms with Crippen LogP contribution in [0.25, 0.3) is 10.4 Å². The maximum Gasteiger partial charge on any atom is 0.228 e. The third-order valence-corrected chi connectivity index (χ3v) is 4.93. The van der Waals surface area contributed by atoms with E-state index in [1.54, 1.807) is 36.6 Å². The largest absolute Gasteiger partial charge is 0.496 e. The van der Waals surface area contributed by atoms with Crippen LogP contribution in [-0.4, -0.2) is 18.8 Å². The van der Waals surface area contributed by atoms with E-state index >= 15 is 0 Å². The summed E-state index contributed by atoms with van der Waals surface area (Å²) in [6.45, 7) is 1.50. The van der Waals surface area contributed by atoms with E-state index in [0.29, 0.717) is 16.9 Å². The zero-order valence-corrected chi connectivity index (χ0v) is 15.4. The smallest absolute Gasteiger partial charge is 0.228 e. The van der Waals surface area contributed by atoms with Crippen molar-refractivity contribution in [2.45, 2.75) is 13.3 Å². The molecule has 0 aliphatic carbocycles. The van der Waals surface area contributed by atoms with E-state index in [1.807, 2.05) is 41.8 Å². The molecule has 0 fully saturated rings. The molecule has 0 saturated heterocycles. The molecule has 26 heavy (non-hydrogen) atoms. The Bertz CT molecular complexity index is 932. The molecule has 0 aliphatic rings. The van der Waals surface area contributed by atoms with Gasteiger partial charge in [0.15, 0.2) is 5.78 Å². The quantitative estimate of drug-likeness (QED) is 0.638. The molecule has 0 saturated carbocycles. The van der Waals surface area contributed by atoms with E-state index in [1.165, 1.54) is 6.92 Å². The average molecular weight is 365 g/mol. The number of amides is 1. The fourth-order valence-electron chi connectivity index (χ4n) is 2.74. The maximum absolute atomic E-state index is 12.6. The van der Waals surface area contributed by atoms with E-state index in [-0.39, 0.29) is 18.1 Å². The minimum absolute atomic E-state index is 0.0441. The van der Waals surface area contributed by atoms with E-state index in [0.717, 1.165) is 16.1 Å². The number of ether oxygens (including phenoxy) is 1. The van der Waals surface area contributed by atoms with Crippen LogP contribution in [0.1, 0.15) is 22.8 Å². The Balaban J connectivity index is 1.82. The van der Waals surface area contributed by atoms with Crippen molar-refractivity contribution in [1.82, 2.24) is 0 Å². The lowest BCUT2D eigenvalue weighted by atomic mass is 10.0. The molecule has 2 aromatic carbocycles. The molecule has 0 radical (unpaired) electrons. The molecule has 1 N–H and O–H groups in total. The molecule has 5 heteroatoms. The maximum atomic E-state index is 12.6. The van der Waals surface area contributed by atoms with Crippen LogP contribution < -0.4 is 10.1 Å². The van der Waals surface area contributed by atoms with Crippen molar-refractivity contribution in [3.63, 3.8) is 0 Å². The summed E-state index contributed by atoms with van der Waals surface area (Å²) in [5.41, 5.74) is 3.00. The number of hydrogen-bond acceptors (Lipinski definition) is 4. The summed E-state index contributed by atoms with van der Waals surface area (Å²) in [5.74, 6) is 0.391. The molecule has 0 spiro atoms. The van der Waals surface area contributed by atoms with Crippen LogP contribution in [0.15, 0.2) is 60.0 Å². The predicted molar refractivity (Wildman–Crippen MR) is 105 cm³/mol. The molecular formula is C21H19NO3S. The van der Waals surface area contributed by atoms with Gasteiger partial charge in [0.1, 0.15) is 5.75 Å². The molecule has 132 valence electrons. The van der Waals surface area contributed by atoms with Crippen molar-refractivity contribution in [1.29, 1.82) is 0 Å². The predicted octanol–water partition coefficient (Wildman–Crippen LogP) is 4.81. The number of para-hydroxylation sites is 1. The van der Waals surface area contributed by atoms with Crippen LogP contribution in [0, 0.1) is 0 Å². The van der Waals surface area contributed by atoms with Gasteiger partial charge < -0.3 is 10.1 Å². The number of Topliss-reactive ketones (excluding diaryl/α,β-unsaturated/α-hetero) is 1. The molecule has 1 heterocycles. The second-order valence-electron chi connectivity index (χ2n) is 5.83. The number of rotatable bonds is 6. The summed E-state index contributed by atoms with van der Waals surface area (Å²) >= 11 is 1.62. The Kier molecular flexibility index (Phi) is 5.49. The Hall–Kier alpha value is -2.92. The number of anilines is 1. The van der Waals surface area contributed by atoms with Gasteiger partial charge in [-0.1, -0.05) is 24.3 Å². The molecule has 3 aromatic rings. The molecule has 0 bridgehead atoms. The van der Waals surface area contributed by atoms with E-state index < -0.39 is 0 Å². The normalized spacial score (nSPS) is 10.4. The number of carbonyl (C=O) groups excluding carboxylic acids is 2. The molecule has 1 aromatic heterocycles. The minimum Gasteiger partial charge on any atom is -0.496 e. The van der Waals surface area contributed by atoms with Crippen molar-refractivity contribution in [3.05, 3.63) is 71.1 Å². The first-order valence-corrected chi connectivity index (χ1v) is 9.07.